The number of carbonyl (C=O) groups excluding carboxylic acids is 1. The number of nitrogens with zero attached hydrogens (tertiary/aromatic N) is 3. The second kappa shape index (κ2) is 8.58. The maximum atomic E-state index is 13.5. The predicted octanol–water partition coefficient (Wildman–Crippen LogP) is 5.11. The van der Waals surface area contributed by atoms with Crippen molar-refractivity contribution in [3.8, 4) is 0 Å². The van der Waals surface area contributed by atoms with Crippen molar-refractivity contribution in [2.24, 2.45) is 5.41 Å². The molecule has 1 aliphatic heterocycles. The van der Waals surface area contributed by atoms with E-state index < -0.39 is 27.5 Å². The molecule has 2 N–H and O–H groups in total. The number of alkyl halides is 3. The van der Waals surface area contributed by atoms with Gasteiger partial charge < -0.3 is 10.2 Å². The average Bonchev–Trinajstić information content (AvgIpc) is 3.45. The van der Waals surface area contributed by atoms with Crippen molar-refractivity contribution in [3.63, 3.8) is 0 Å². The summed E-state index contributed by atoms with van der Waals surface area (Å²) in [6, 6.07) is 5.94. The fourth-order valence-electron chi connectivity index (χ4n) is 4.15. The number of piperidine rings is 1. The minimum absolute atomic E-state index is 0. The van der Waals surface area contributed by atoms with Gasteiger partial charge in [0.2, 0.25) is 0 Å². The van der Waals surface area contributed by atoms with Crippen LogP contribution in [0, 0.1) is 17.1 Å². The zero-order valence-corrected chi connectivity index (χ0v) is 18.6. The van der Waals surface area contributed by atoms with Gasteiger partial charge in [0.25, 0.3) is 5.91 Å². The topological polar surface area (TPSA) is 99.0 Å². The van der Waals surface area contributed by atoms with Gasteiger partial charge in [-0.15, -0.1) is 10.2 Å². The molecule has 2 aliphatic rings. The van der Waals surface area contributed by atoms with Gasteiger partial charge in [0.05, 0.1) is 15.3 Å². The number of rotatable bonds is 4. The largest absolute Gasteiger partial charge is 0.435 e. The van der Waals surface area contributed by atoms with Crippen LogP contribution in [0.3, 0.4) is 0 Å². The fourth-order valence-corrected chi connectivity index (χ4v) is 4.84. The Morgan fingerprint density at radius 1 is 1.18 bits per heavy atom. The zero-order chi connectivity index (χ0) is 23.3. The third-order valence-electron chi connectivity index (χ3n) is 6.32. The number of anilines is 2. The lowest BCUT2D eigenvalue weighted by molar-refractivity contribution is -0.142. The van der Waals surface area contributed by atoms with Crippen LogP contribution in [0.4, 0.5) is 24.7 Å². The van der Waals surface area contributed by atoms with E-state index in [-0.39, 0.29) is 35.0 Å². The average molecular weight is 484 g/mol. The summed E-state index contributed by atoms with van der Waals surface area (Å²) < 4.78 is 60.2. The smallest absolute Gasteiger partial charge is 0.354 e. The van der Waals surface area contributed by atoms with Crippen LogP contribution in [-0.4, -0.2) is 39.7 Å². The lowest BCUT2D eigenvalue weighted by Gasteiger charge is -2.34. The van der Waals surface area contributed by atoms with Crippen LogP contribution in [0.5, 0.6) is 0 Å². The Hall–Kier alpha value is -2.69. The fraction of sp³-hybridized carbons (Fsp3) is 0.500. The molecule has 2 heterocycles. The minimum atomic E-state index is -4.75. The molecule has 4 rings (SSSR count). The maximum absolute atomic E-state index is 13.5. The van der Waals surface area contributed by atoms with E-state index in [2.05, 4.69) is 15.5 Å². The highest BCUT2D eigenvalue weighted by molar-refractivity contribution is 7.91. The van der Waals surface area contributed by atoms with Crippen LogP contribution in [0.1, 0.15) is 54.7 Å². The van der Waals surface area contributed by atoms with Crippen molar-refractivity contribution in [3.05, 3.63) is 41.1 Å². The highest BCUT2D eigenvalue weighted by atomic mass is 32.2. The molecule has 1 saturated carbocycles. The minimum Gasteiger partial charge on any atom is -0.354 e. The molecule has 0 bridgehead atoms. The summed E-state index contributed by atoms with van der Waals surface area (Å²) in [5.41, 5.74) is -1.08. The van der Waals surface area contributed by atoms with E-state index in [0.29, 0.717) is 18.5 Å². The standard InChI is InChI=1S/C21H24F3N5O2S.CH4/c1-13-16(19(30)26-14-4-3-5-15(12-14)32(2,25)31)18(28-27-17(13)21(22,23)24)29-10-8-20(6-7-20)9-11-29;/h3-5,12,25H,6-11H2,1-2H3,(H,26,30);1H4. The van der Waals surface area contributed by atoms with Crippen molar-refractivity contribution in [1.29, 1.82) is 4.78 Å². The van der Waals surface area contributed by atoms with Crippen molar-refractivity contribution in [2.75, 3.05) is 29.6 Å². The van der Waals surface area contributed by atoms with E-state index in [1.807, 2.05) is 4.90 Å². The molecule has 180 valence electrons. The molecule has 2 aromatic rings. The number of hydrogen-bond donors (Lipinski definition) is 2. The Balaban J connectivity index is 0.00000306. The molecule has 1 unspecified atom stereocenters. The number of carbonyl (C=O) groups is 1. The first-order chi connectivity index (χ1) is 14.9. The summed E-state index contributed by atoms with van der Waals surface area (Å²) >= 11 is 0. The van der Waals surface area contributed by atoms with Crippen LogP contribution in [-0.2, 0) is 15.9 Å². The first kappa shape index (κ1) is 24.9. The summed E-state index contributed by atoms with van der Waals surface area (Å²) in [5.74, 6) is -0.617. The van der Waals surface area contributed by atoms with Crippen LogP contribution >= 0.6 is 0 Å². The third kappa shape index (κ3) is 5.13. The second-order valence-corrected chi connectivity index (χ2v) is 10.8. The van der Waals surface area contributed by atoms with Gasteiger partial charge in [0.1, 0.15) is 0 Å². The molecule has 0 radical (unpaired) electrons. The van der Waals surface area contributed by atoms with Crippen molar-refractivity contribution < 1.29 is 22.2 Å². The van der Waals surface area contributed by atoms with E-state index in [9.17, 15) is 22.2 Å². The van der Waals surface area contributed by atoms with Gasteiger partial charge in [0.15, 0.2) is 11.5 Å². The molecule has 7 nitrogen and oxygen atoms in total. The van der Waals surface area contributed by atoms with E-state index in [4.69, 9.17) is 4.78 Å². The van der Waals surface area contributed by atoms with Gasteiger partial charge in [-0.05, 0) is 61.8 Å². The molecule has 2 fully saturated rings. The van der Waals surface area contributed by atoms with Crippen molar-refractivity contribution in [1.82, 2.24) is 10.2 Å². The summed E-state index contributed by atoms with van der Waals surface area (Å²) in [4.78, 5) is 15.2. The molecule has 1 aromatic heterocycles. The quantitative estimate of drug-likeness (QED) is 0.630. The first-order valence-corrected chi connectivity index (χ1v) is 12.2. The molecule has 1 saturated heterocycles. The molecule has 1 amide bonds. The SMILES string of the molecule is C.Cc1c(C(F)(F)F)nnc(N2CCC3(CC2)CC3)c1C(=O)Nc1cccc(S(C)(=N)=O)c1. The third-order valence-corrected chi connectivity index (χ3v) is 7.47. The lowest BCUT2D eigenvalue weighted by Crippen LogP contribution is -2.37. The van der Waals surface area contributed by atoms with Crippen molar-refractivity contribution >= 4 is 27.1 Å². The summed E-state index contributed by atoms with van der Waals surface area (Å²) in [7, 11) is -3.02. The summed E-state index contributed by atoms with van der Waals surface area (Å²) in [6.45, 7) is 2.43. The molecule has 1 atom stereocenters. The molecule has 1 aliphatic carbocycles. The van der Waals surface area contributed by atoms with Gasteiger partial charge in [-0.2, -0.15) is 13.2 Å². The summed E-state index contributed by atoms with van der Waals surface area (Å²) in [6.07, 6.45) is 0.654. The number of amides is 1. The lowest BCUT2D eigenvalue weighted by atomic mass is 9.93. The Labute approximate surface area is 191 Å². The zero-order valence-electron chi connectivity index (χ0n) is 17.8. The highest BCUT2D eigenvalue weighted by Crippen LogP contribution is 2.54. The van der Waals surface area contributed by atoms with Gasteiger partial charge in [-0.25, -0.2) is 8.99 Å². The molecular weight excluding hydrogens is 455 g/mol. The first-order valence-electron chi connectivity index (χ1n) is 10.2. The molecule has 1 spiro atoms. The number of hydrogen-bond acceptors (Lipinski definition) is 6. The number of halogens is 3. The van der Waals surface area contributed by atoms with Crippen LogP contribution in [0.15, 0.2) is 29.2 Å². The Kier molecular flexibility index (Phi) is 6.49. The highest BCUT2D eigenvalue weighted by Gasteiger charge is 2.45. The molecule has 1 aromatic carbocycles. The van der Waals surface area contributed by atoms with E-state index >= 15 is 0 Å². The number of nitrogens with one attached hydrogen (secondary N) is 2. The van der Waals surface area contributed by atoms with Crippen LogP contribution < -0.4 is 10.2 Å². The number of aromatic nitrogens is 2. The maximum Gasteiger partial charge on any atom is 0.435 e. The molecule has 33 heavy (non-hydrogen) atoms. The van der Waals surface area contributed by atoms with Crippen molar-refractivity contribution in [2.45, 2.75) is 51.1 Å². The van der Waals surface area contributed by atoms with E-state index in [0.717, 1.165) is 12.8 Å². The van der Waals surface area contributed by atoms with Gasteiger partial charge in [-0.1, -0.05) is 13.5 Å². The van der Waals surface area contributed by atoms with Gasteiger partial charge in [0, 0.05) is 29.9 Å². The Morgan fingerprint density at radius 2 is 1.82 bits per heavy atom. The normalized spacial score (nSPS) is 18.9. The van der Waals surface area contributed by atoms with Crippen LogP contribution in [0.2, 0.25) is 0 Å². The van der Waals surface area contributed by atoms with E-state index in [1.165, 1.54) is 50.3 Å². The Bertz CT molecular complexity index is 1170. The second-order valence-electron chi connectivity index (χ2n) is 8.68. The predicted molar refractivity (Wildman–Crippen MR) is 121 cm³/mol. The monoisotopic (exact) mass is 483 g/mol. The molecular formula is C22H28F3N5O2S. The number of benzene rings is 1. The van der Waals surface area contributed by atoms with E-state index in [1.54, 1.807) is 0 Å². The Morgan fingerprint density at radius 3 is 2.36 bits per heavy atom. The van der Waals surface area contributed by atoms with Gasteiger partial charge >= 0.3 is 6.18 Å². The molecule has 11 heteroatoms. The summed E-state index contributed by atoms with van der Waals surface area (Å²) in [5, 5.41) is 9.84. The van der Waals surface area contributed by atoms with Gasteiger partial charge in [-0.3, -0.25) is 4.79 Å². The van der Waals surface area contributed by atoms with Crippen LogP contribution in [0.25, 0.3) is 0 Å².